The Labute approximate surface area is 131 Å². The van der Waals surface area contributed by atoms with Crippen LogP contribution in [0.25, 0.3) is 0 Å². The summed E-state index contributed by atoms with van der Waals surface area (Å²) in [6, 6.07) is 4.01. The van der Waals surface area contributed by atoms with Crippen molar-refractivity contribution in [2.45, 2.75) is 18.7 Å². The van der Waals surface area contributed by atoms with E-state index in [1.807, 2.05) is 0 Å². The number of morpholine rings is 1. The Bertz CT molecular complexity index is 601. The molecule has 1 saturated heterocycles. The van der Waals surface area contributed by atoms with Gasteiger partial charge in [-0.05, 0) is 31.2 Å². The minimum Gasteiger partial charge on any atom is -0.362 e. The first-order valence-electron chi connectivity index (χ1n) is 7.00. The topological polar surface area (TPSA) is 58.6 Å². The van der Waals surface area contributed by atoms with E-state index in [4.69, 9.17) is 4.74 Å². The van der Waals surface area contributed by atoms with Gasteiger partial charge in [-0.2, -0.15) is 13.2 Å². The number of nitrogens with one attached hydrogen (secondary N) is 1. The fourth-order valence-electron chi connectivity index (χ4n) is 2.43. The van der Waals surface area contributed by atoms with Crippen LogP contribution in [0.3, 0.4) is 0 Å². The number of halogens is 3. The predicted molar refractivity (Wildman–Crippen MR) is 75.8 cm³/mol. The number of alkyl halides is 3. The monoisotopic (exact) mass is 330 g/mol. The van der Waals surface area contributed by atoms with Crippen molar-refractivity contribution in [1.82, 2.24) is 10.2 Å². The maximum absolute atomic E-state index is 12.5. The molecular formula is C15H17F3N2O3. The summed E-state index contributed by atoms with van der Waals surface area (Å²) in [5.41, 5.74) is -1.85. The summed E-state index contributed by atoms with van der Waals surface area (Å²) >= 11 is 0. The molecule has 5 nitrogen and oxygen atoms in total. The first-order valence-corrected chi connectivity index (χ1v) is 7.00. The zero-order valence-electron chi connectivity index (χ0n) is 12.7. The summed E-state index contributed by atoms with van der Waals surface area (Å²) in [7, 11) is 1.47. The average molecular weight is 330 g/mol. The number of amides is 2. The van der Waals surface area contributed by atoms with Crippen LogP contribution in [0.2, 0.25) is 0 Å². The second-order valence-electron chi connectivity index (χ2n) is 5.46. The zero-order chi connectivity index (χ0) is 17.3. The maximum atomic E-state index is 12.5. The Hall–Kier alpha value is -2.09. The van der Waals surface area contributed by atoms with Crippen LogP contribution < -0.4 is 5.32 Å². The number of nitrogens with zero attached hydrogens (tertiary/aromatic N) is 1. The molecule has 8 heteroatoms. The highest BCUT2D eigenvalue weighted by molar-refractivity contribution is 5.95. The van der Waals surface area contributed by atoms with Gasteiger partial charge in [-0.25, -0.2) is 0 Å². The highest BCUT2D eigenvalue weighted by Gasteiger charge is 2.40. The predicted octanol–water partition coefficient (Wildman–Crippen LogP) is 1.68. The van der Waals surface area contributed by atoms with Crippen molar-refractivity contribution in [2.75, 3.05) is 26.7 Å². The molecule has 2 rings (SSSR count). The molecule has 1 atom stereocenters. The molecule has 0 radical (unpaired) electrons. The van der Waals surface area contributed by atoms with Gasteiger partial charge in [0.15, 0.2) is 5.60 Å². The largest absolute Gasteiger partial charge is 0.416 e. The number of carbonyl (C=O) groups is 2. The van der Waals surface area contributed by atoms with Crippen LogP contribution in [0, 0.1) is 0 Å². The molecule has 23 heavy (non-hydrogen) atoms. The fraction of sp³-hybridized carbons (Fsp3) is 0.467. The molecule has 1 aliphatic rings. The zero-order valence-corrected chi connectivity index (χ0v) is 12.7. The molecule has 1 fully saturated rings. The van der Waals surface area contributed by atoms with E-state index in [1.165, 1.54) is 11.9 Å². The molecule has 0 bridgehead atoms. The first-order chi connectivity index (χ1) is 10.7. The van der Waals surface area contributed by atoms with E-state index >= 15 is 0 Å². The number of benzene rings is 1. The summed E-state index contributed by atoms with van der Waals surface area (Å²) in [4.78, 5) is 25.7. The molecule has 1 N–H and O–H groups in total. The number of hydrogen-bond acceptors (Lipinski definition) is 3. The van der Waals surface area contributed by atoms with Crippen LogP contribution in [-0.2, 0) is 15.7 Å². The molecule has 2 amide bonds. The number of carbonyl (C=O) groups excluding carboxylic acids is 2. The average Bonchev–Trinajstić information content (AvgIpc) is 2.52. The minimum absolute atomic E-state index is 0.0343. The normalized spacial score (nSPS) is 21.9. The van der Waals surface area contributed by atoms with Crippen molar-refractivity contribution >= 4 is 11.8 Å². The lowest BCUT2D eigenvalue weighted by Crippen LogP contribution is -2.58. The molecule has 0 spiro atoms. The third-order valence-corrected chi connectivity index (χ3v) is 3.73. The van der Waals surface area contributed by atoms with Crippen LogP contribution in [0.1, 0.15) is 22.8 Å². The minimum atomic E-state index is -4.45. The van der Waals surface area contributed by atoms with Gasteiger partial charge in [0.1, 0.15) is 0 Å². The van der Waals surface area contributed by atoms with Crippen molar-refractivity contribution in [1.29, 1.82) is 0 Å². The highest BCUT2D eigenvalue weighted by atomic mass is 19.4. The van der Waals surface area contributed by atoms with Gasteiger partial charge in [0, 0.05) is 19.2 Å². The lowest BCUT2D eigenvalue weighted by atomic mass is 10.0. The van der Waals surface area contributed by atoms with E-state index in [-0.39, 0.29) is 31.2 Å². The van der Waals surface area contributed by atoms with Crippen molar-refractivity contribution < 1.29 is 27.5 Å². The first kappa shape index (κ1) is 17.3. The van der Waals surface area contributed by atoms with Crippen LogP contribution in [0.15, 0.2) is 24.3 Å². The smallest absolute Gasteiger partial charge is 0.362 e. The van der Waals surface area contributed by atoms with Crippen molar-refractivity contribution in [3.8, 4) is 0 Å². The number of ether oxygens (including phenoxy) is 1. The maximum Gasteiger partial charge on any atom is 0.416 e. The summed E-state index contributed by atoms with van der Waals surface area (Å²) in [6.07, 6.45) is -4.45. The van der Waals surface area contributed by atoms with Crippen LogP contribution in [0.5, 0.6) is 0 Å². The third-order valence-electron chi connectivity index (χ3n) is 3.73. The third kappa shape index (κ3) is 3.64. The molecule has 0 aromatic heterocycles. The molecule has 1 unspecified atom stereocenters. The lowest BCUT2D eigenvalue weighted by Gasteiger charge is -2.39. The number of hydrogen-bond donors (Lipinski definition) is 1. The molecule has 0 aliphatic carbocycles. The second kappa shape index (κ2) is 6.19. The van der Waals surface area contributed by atoms with E-state index in [0.717, 1.165) is 24.3 Å². The Morgan fingerprint density at radius 1 is 1.26 bits per heavy atom. The van der Waals surface area contributed by atoms with E-state index in [2.05, 4.69) is 5.32 Å². The summed E-state index contributed by atoms with van der Waals surface area (Å²) in [5, 5.41) is 2.47. The standard InChI is InChI=1S/C15H17F3N2O3/c1-14(13(22)19-2)9-20(7-8-23-14)12(21)10-3-5-11(6-4-10)15(16,17)18/h3-6H,7-9H2,1-2H3,(H,19,22). The van der Waals surface area contributed by atoms with Gasteiger partial charge in [-0.3, -0.25) is 9.59 Å². The molecule has 126 valence electrons. The van der Waals surface area contributed by atoms with Crippen LogP contribution in [0.4, 0.5) is 13.2 Å². The second-order valence-corrected chi connectivity index (χ2v) is 5.46. The number of rotatable bonds is 2. The van der Waals surface area contributed by atoms with Gasteiger partial charge in [0.05, 0.1) is 18.7 Å². The van der Waals surface area contributed by atoms with Gasteiger partial charge in [0.25, 0.3) is 11.8 Å². The lowest BCUT2D eigenvalue weighted by molar-refractivity contribution is -0.153. The SMILES string of the molecule is CNC(=O)C1(C)CN(C(=O)c2ccc(C(F)(F)F)cc2)CCO1. The van der Waals surface area contributed by atoms with Crippen LogP contribution >= 0.6 is 0 Å². The summed E-state index contributed by atoms with van der Waals surface area (Å²) in [6.45, 7) is 2.05. The Balaban J connectivity index is 2.15. The van der Waals surface area contributed by atoms with Gasteiger partial charge in [-0.1, -0.05) is 0 Å². The Kier molecular flexibility index (Phi) is 4.65. The molecule has 0 saturated carbocycles. The van der Waals surface area contributed by atoms with E-state index in [9.17, 15) is 22.8 Å². The van der Waals surface area contributed by atoms with Crippen molar-refractivity contribution in [3.05, 3.63) is 35.4 Å². The Morgan fingerprint density at radius 2 is 1.87 bits per heavy atom. The molecule has 1 aromatic carbocycles. The summed E-state index contributed by atoms with van der Waals surface area (Å²) in [5.74, 6) is -0.792. The van der Waals surface area contributed by atoms with Gasteiger partial charge < -0.3 is 15.0 Å². The van der Waals surface area contributed by atoms with Crippen molar-refractivity contribution in [3.63, 3.8) is 0 Å². The van der Waals surface area contributed by atoms with E-state index in [0.29, 0.717) is 0 Å². The quantitative estimate of drug-likeness (QED) is 0.898. The van der Waals surface area contributed by atoms with Crippen molar-refractivity contribution in [2.24, 2.45) is 0 Å². The number of likely N-dealkylation sites (N-methyl/N-ethyl adjacent to an activating group) is 1. The van der Waals surface area contributed by atoms with E-state index < -0.39 is 23.2 Å². The van der Waals surface area contributed by atoms with Gasteiger partial charge in [-0.15, -0.1) is 0 Å². The molecular weight excluding hydrogens is 313 g/mol. The Morgan fingerprint density at radius 3 is 2.39 bits per heavy atom. The highest BCUT2D eigenvalue weighted by Crippen LogP contribution is 2.29. The van der Waals surface area contributed by atoms with Gasteiger partial charge >= 0.3 is 6.18 Å². The van der Waals surface area contributed by atoms with Gasteiger partial charge in [0.2, 0.25) is 0 Å². The molecule has 1 aromatic rings. The molecule has 1 aliphatic heterocycles. The summed E-state index contributed by atoms with van der Waals surface area (Å²) < 4.78 is 43.1. The molecule has 1 heterocycles. The van der Waals surface area contributed by atoms with Crippen LogP contribution in [-0.4, -0.2) is 49.1 Å². The fourth-order valence-corrected chi connectivity index (χ4v) is 2.43. The van der Waals surface area contributed by atoms with E-state index in [1.54, 1.807) is 6.92 Å².